The zero-order chi connectivity index (χ0) is 18.3. The van der Waals surface area contributed by atoms with Crippen molar-refractivity contribution >= 4 is 26.7 Å². The molecule has 2 saturated heterocycles. The van der Waals surface area contributed by atoms with Crippen molar-refractivity contribution < 1.29 is 20.4 Å². The van der Waals surface area contributed by atoms with E-state index in [9.17, 15) is 20.4 Å². The molecule has 0 unspecified atom stereocenters. The second kappa shape index (κ2) is 7.38. The summed E-state index contributed by atoms with van der Waals surface area (Å²) in [7, 11) is 0. The number of anilines is 1. The number of aliphatic hydroxyl groups is 4. The van der Waals surface area contributed by atoms with E-state index < -0.39 is 24.4 Å². The number of β-amino-alcohol motifs (C(OH)–C–C–N with tert-alkyl or cyclic N) is 1. The van der Waals surface area contributed by atoms with Gasteiger partial charge < -0.3 is 25.3 Å². The number of nitrogens with zero attached hydrogens (tertiary/aromatic N) is 3. The van der Waals surface area contributed by atoms with Gasteiger partial charge in [0.2, 0.25) is 0 Å². The van der Waals surface area contributed by atoms with Gasteiger partial charge in [0.25, 0.3) is 0 Å². The molecule has 8 heteroatoms. The van der Waals surface area contributed by atoms with Crippen LogP contribution >= 0.6 is 11.3 Å². The quantitative estimate of drug-likeness (QED) is 0.588. The van der Waals surface area contributed by atoms with E-state index in [1.165, 1.54) is 4.70 Å². The second-order valence-electron chi connectivity index (χ2n) is 7.32. The summed E-state index contributed by atoms with van der Waals surface area (Å²) < 4.78 is 1.18. The molecule has 26 heavy (non-hydrogen) atoms. The van der Waals surface area contributed by atoms with Crippen LogP contribution in [0.4, 0.5) is 5.13 Å². The average molecular weight is 379 g/mol. The fourth-order valence-corrected chi connectivity index (χ4v) is 5.07. The maximum Gasteiger partial charge on any atom is 0.186 e. The summed E-state index contributed by atoms with van der Waals surface area (Å²) >= 11 is 1.70. The number of hydrogen-bond acceptors (Lipinski definition) is 8. The summed E-state index contributed by atoms with van der Waals surface area (Å²) in [5, 5.41) is 40.6. The van der Waals surface area contributed by atoms with Crippen molar-refractivity contribution in [2.24, 2.45) is 5.92 Å². The maximum absolute atomic E-state index is 10.1. The van der Waals surface area contributed by atoms with Crippen molar-refractivity contribution in [1.29, 1.82) is 0 Å². The molecule has 4 N–H and O–H groups in total. The molecule has 3 heterocycles. The topological polar surface area (TPSA) is 100 Å². The first kappa shape index (κ1) is 18.1. The first-order chi connectivity index (χ1) is 12.6. The Morgan fingerprint density at radius 1 is 1.12 bits per heavy atom. The predicted octanol–water partition coefficient (Wildman–Crippen LogP) is -0.118. The van der Waals surface area contributed by atoms with Crippen LogP contribution in [0, 0.1) is 5.92 Å². The van der Waals surface area contributed by atoms with E-state index in [2.05, 4.69) is 11.0 Å². The lowest BCUT2D eigenvalue weighted by Crippen LogP contribution is -2.63. The van der Waals surface area contributed by atoms with Crippen molar-refractivity contribution in [2.45, 2.75) is 30.8 Å². The SMILES string of the molecule is OC[C@H]1[C@@H](O)[C@H](O)[C@@H](O)CN1C[C@H]1CCN(c2nc3ccccc3s2)C1. The van der Waals surface area contributed by atoms with E-state index in [0.29, 0.717) is 12.5 Å². The Kier molecular flexibility index (Phi) is 5.13. The smallest absolute Gasteiger partial charge is 0.186 e. The number of piperidine rings is 1. The predicted molar refractivity (Wildman–Crippen MR) is 100 cm³/mol. The van der Waals surface area contributed by atoms with Gasteiger partial charge in [-0.25, -0.2) is 4.98 Å². The number of aliphatic hydroxyl groups excluding tert-OH is 4. The number of benzene rings is 1. The van der Waals surface area contributed by atoms with Gasteiger partial charge in [0, 0.05) is 26.2 Å². The molecule has 1 aromatic heterocycles. The normalized spacial score (nSPS) is 33.2. The molecular formula is C18H25N3O4S. The minimum absolute atomic E-state index is 0.237. The highest BCUT2D eigenvalue weighted by Gasteiger charge is 2.42. The fourth-order valence-electron chi connectivity index (χ4n) is 4.07. The van der Waals surface area contributed by atoms with Crippen LogP contribution in [-0.2, 0) is 0 Å². The molecule has 2 aromatic rings. The molecule has 0 bridgehead atoms. The minimum atomic E-state index is -1.20. The van der Waals surface area contributed by atoms with Crippen LogP contribution in [0.5, 0.6) is 0 Å². The molecule has 0 radical (unpaired) electrons. The number of aromatic nitrogens is 1. The van der Waals surface area contributed by atoms with Gasteiger partial charge in [-0.2, -0.15) is 0 Å². The number of thiazole rings is 1. The number of hydrogen-bond donors (Lipinski definition) is 4. The van der Waals surface area contributed by atoms with Crippen molar-refractivity contribution in [3.63, 3.8) is 0 Å². The first-order valence-corrected chi connectivity index (χ1v) is 9.88. The highest BCUT2D eigenvalue weighted by atomic mass is 32.1. The van der Waals surface area contributed by atoms with Gasteiger partial charge in [-0.1, -0.05) is 23.5 Å². The molecule has 2 aliphatic heterocycles. The lowest BCUT2D eigenvalue weighted by Gasteiger charge is -2.44. The molecule has 1 aromatic carbocycles. The Morgan fingerprint density at radius 3 is 2.69 bits per heavy atom. The molecule has 7 nitrogen and oxygen atoms in total. The zero-order valence-electron chi connectivity index (χ0n) is 14.5. The van der Waals surface area contributed by atoms with Gasteiger partial charge in [-0.15, -0.1) is 0 Å². The van der Waals surface area contributed by atoms with Crippen LogP contribution in [0.1, 0.15) is 6.42 Å². The number of fused-ring (bicyclic) bond motifs is 1. The third-order valence-corrected chi connectivity index (χ3v) is 6.64. The van der Waals surface area contributed by atoms with Crippen LogP contribution in [0.25, 0.3) is 10.2 Å². The largest absolute Gasteiger partial charge is 0.395 e. The van der Waals surface area contributed by atoms with Gasteiger partial charge in [0.15, 0.2) is 5.13 Å². The van der Waals surface area contributed by atoms with Crippen LogP contribution in [0.2, 0.25) is 0 Å². The molecule has 2 fully saturated rings. The van der Waals surface area contributed by atoms with E-state index in [-0.39, 0.29) is 13.2 Å². The summed E-state index contributed by atoms with van der Waals surface area (Å²) in [5.74, 6) is 0.366. The summed E-state index contributed by atoms with van der Waals surface area (Å²) in [4.78, 5) is 8.92. The van der Waals surface area contributed by atoms with E-state index in [4.69, 9.17) is 4.98 Å². The van der Waals surface area contributed by atoms with Gasteiger partial charge in [0.05, 0.1) is 29.0 Å². The maximum atomic E-state index is 10.1. The highest BCUT2D eigenvalue weighted by Crippen LogP contribution is 2.32. The molecule has 0 amide bonds. The number of rotatable bonds is 4. The summed E-state index contributed by atoms with van der Waals surface area (Å²) in [6.45, 7) is 2.49. The van der Waals surface area contributed by atoms with Crippen molar-refractivity contribution in [1.82, 2.24) is 9.88 Å². The average Bonchev–Trinajstić information content (AvgIpc) is 3.26. The lowest BCUT2D eigenvalue weighted by molar-refractivity contribution is -0.146. The molecule has 0 saturated carbocycles. The van der Waals surface area contributed by atoms with Gasteiger partial charge in [0.1, 0.15) is 12.2 Å². The Balaban J connectivity index is 1.42. The highest BCUT2D eigenvalue weighted by molar-refractivity contribution is 7.22. The van der Waals surface area contributed by atoms with Crippen LogP contribution in [-0.4, -0.2) is 87.4 Å². The van der Waals surface area contributed by atoms with Gasteiger partial charge in [-0.3, -0.25) is 4.90 Å². The second-order valence-corrected chi connectivity index (χ2v) is 8.33. The van der Waals surface area contributed by atoms with E-state index in [1.54, 1.807) is 11.3 Å². The molecule has 2 aliphatic rings. The zero-order valence-corrected chi connectivity index (χ0v) is 15.3. The first-order valence-electron chi connectivity index (χ1n) is 9.06. The molecule has 4 rings (SSSR count). The molecular weight excluding hydrogens is 354 g/mol. The Morgan fingerprint density at radius 2 is 1.92 bits per heavy atom. The standard InChI is InChI=1S/C18H25N3O4S/c22-10-13-16(24)17(25)14(23)9-21(13)8-11-5-6-20(7-11)18-19-12-3-1-2-4-15(12)26-18/h1-4,11,13-14,16-17,22-25H,5-10H2/t11-,13-,14-,16+,17+/m0/s1. The number of likely N-dealkylation sites (tertiary alicyclic amines) is 1. The van der Waals surface area contributed by atoms with Gasteiger partial charge in [-0.05, 0) is 24.5 Å². The minimum Gasteiger partial charge on any atom is -0.395 e. The third kappa shape index (κ3) is 3.33. The Hall–Kier alpha value is -1.29. The molecule has 142 valence electrons. The van der Waals surface area contributed by atoms with Crippen molar-refractivity contribution in [3.05, 3.63) is 24.3 Å². The van der Waals surface area contributed by atoms with Gasteiger partial charge >= 0.3 is 0 Å². The Labute approximate surface area is 156 Å². The van der Waals surface area contributed by atoms with Crippen LogP contribution in [0.15, 0.2) is 24.3 Å². The van der Waals surface area contributed by atoms with E-state index >= 15 is 0 Å². The van der Waals surface area contributed by atoms with E-state index in [1.807, 2.05) is 23.1 Å². The molecule has 5 atom stereocenters. The monoisotopic (exact) mass is 379 g/mol. The third-order valence-electron chi connectivity index (χ3n) is 5.55. The molecule has 0 spiro atoms. The lowest BCUT2D eigenvalue weighted by atomic mass is 9.93. The summed E-state index contributed by atoms with van der Waals surface area (Å²) in [6.07, 6.45) is -2.33. The van der Waals surface area contributed by atoms with Crippen molar-refractivity contribution in [3.8, 4) is 0 Å². The van der Waals surface area contributed by atoms with Crippen molar-refractivity contribution in [2.75, 3.05) is 37.7 Å². The van der Waals surface area contributed by atoms with Crippen LogP contribution in [0.3, 0.4) is 0 Å². The van der Waals surface area contributed by atoms with Crippen LogP contribution < -0.4 is 4.90 Å². The number of para-hydroxylation sites is 1. The summed E-state index contributed by atoms with van der Waals surface area (Å²) in [5.41, 5.74) is 1.02. The van der Waals surface area contributed by atoms with E-state index in [0.717, 1.165) is 30.2 Å². The Bertz CT molecular complexity index is 724. The fraction of sp³-hybridized carbons (Fsp3) is 0.611. The molecule has 0 aliphatic carbocycles. The summed E-state index contributed by atoms with van der Waals surface area (Å²) in [6, 6.07) is 7.58.